The van der Waals surface area contributed by atoms with Crippen LogP contribution in [0.5, 0.6) is 0 Å². The van der Waals surface area contributed by atoms with E-state index in [4.69, 9.17) is 14.2 Å². The number of esters is 3. The molecular formula is C62H106O6. The predicted molar refractivity (Wildman–Crippen MR) is 293 cm³/mol. The van der Waals surface area contributed by atoms with E-state index in [-0.39, 0.29) is 31.6 Å². The predicted octanol–water partition coefficient (Wildman–Crippen LogP) is 19.2. The molecule has 0 N–H and O–H groups in total. The third-order valence-electron chi connectivity index (χ3n) is 12.1. The zero-order chi connectivity index (χ0) is 49.3. The molecule has 6 heteroatoms. The summed E-state index contributed by atoms with van der Waals surface area (Å²) >= 11 is 0. The van der Waals surface area contributed by atoms with Crippen molar-refractivity contribution in [3.63, 3.8) is 0 Å². The molecule has 0 aliphatic heterocycles. The molecule has 0 aromatic rings. The number of hydrogen-bond acceptors (Lipinski definition) is 6. The lowest BCUT2D eigenvalue weighted by molar-refractivity contribution is -0.166. The molecule has 0 radical (unpaired) electrons. The zero-order valence-corrected chi connectivity index (χ0v) is 44.6. The molecular weight excluding hydrogens is 841 g/mol. The van der Waals surface area contributed by atoms with Gasteiger partial charge in [0.25, 0.3) is 0 Å². The van der Waals surface area contributed by atoms with Crippen LogP contribution in [0.1, 0.15) is 271 Å². The second kappa shape index (κ2) is 56.2. The Morgan fingerprint density at radius 3 is 1.01 bits per heavy atom. The Bertz CT molecular complexity index is 1320. The van der Waals surface area contributed by atoms with Crippen LogP contribution in [0.25, 0.3) is 0 Å². The molecule has 0 saturated heterocycles. The van der Waals surface area contributed by atoms with Crippen molar-refractivity contribution in [1.29, 1.82) is 0 Å². The van der Waals surface area contributed by atoms with Crippen LogP contribution in [-0.2, 0) is 28.6 Å². The SMILES string of the molecule is CC/C=C\C/C=C\C/C=C\C/C=C\C/C=C\CC(=O)OCC(COC(=O)CCCCCCCCC/C=C\CCCCCCCCC)OC(=O)CCCCCCCCC/C=C\CCCCCCCC. The van der Waals surface area contributed by atoms with E-state index in [0.717, 1.165) is 70.6 Å². The minimum absolute atomic E-state index is 0.110. The van der Waals surface area contributed by atoms with E-state index >= 15 is 0 Å². The average molecular weight is 948 g/mol. The van der Waals surface area contributed by atoms with Crippen LogP contribution in [0.4, 0.5) is 0 Å². The fourth-order valence-corrected chi connectivity index (χ4v) is 7.86. The van der Waals surface area contributed by atoms with Gasteiger partial charge in [-0.1, -0.05) is 241 Å². The highest BCUT2D eigenvalue weighted by Gasteiger charge is 2.19. The topological polar surface area (TPSA) is 78.9 Å². The van der Waals surface area contributed by atoms with Crippen LogP contribution >= 0.6 is 0 Å². The number of carbonyl (C=O) groups is 3. The van der Waals surface area contributed by atoms with E-state index < -0.39 is 12.1 Å². The standard InChI is InChI=1S/C62H106O6/c1-4-7-10-13-16-19-22-25-28-30-32-34-37-40-43-46-49-52-55-61(64)67-58-59(57-66-60(63)54-51-48-45-42-39-36-33-27-24-21-18-15-12-9-6-3)68-62(65)56-53-50-47-44-41-38-35-31-29-26-23-20-17-14-11-8-5-2/h9,12,18,21,26-30,33,39,42,48,51,59H,4-8,10-11,13-17,19-20,22-25,31-32,34-38,40-41,43-47,49-50,52-58H2,1-3H3/b12-9-,21-18-,29-26-,30-28-,33-27-,42-39-,51-48-. The molecule has 0 spiro atoms. The van der Waals surface area contributed by atoms with Crippen LogP contribution in [0.2, 0.25) is 0 Å². The smallest absolute Gasteiger partial charge is 0.309 e. The van der Waals surface area contributed by atoms with Crippen molar-refractivity contribution in [2.45, 2.75) is 277 Å². The lowest BCUT2D eigenvalue weighted by atomic mass is 10.1. The lowest BCUT2D eigenvalue weighted by Gasteiger charge is -2.18. The van der Waals surface area contributed by atoms with Gasteiger partial charge in [-0.15, -0.1) is 0 Å². The Hall–Kier alpha value is -3.41. The van der Waals surface area contributed by atoms with Gasteiger partial charge >= 0.3 is 17.9 Å². The van der Waals surface area contributed by atoms with E-state index in [2.05, 4.69) is 93.7 Å². The zero-order valence-electron chi connectivity index (χ0n) is 44.6. The van der Waals surface area contributed by atoms with Gasteiger partial charge < -0.3 is 14.2 Å². The van der Waals surface area contributed by atoms with Crippen molar-refractivity contribution in [1.82, 2.24) is 0 Å². The molecule has 1 atom stereocenters. The summed E-state index contributed by atoms with van der Waals surface area (Å²) in [5.74, 6) is -1.05. The summed E-state index contributed by atoms with van der Waals surface area (Å²) in [4.78, 5) is 38.1. The Morgan fingerprint density at radius 2 is 0.632 bits per heavy atom. The van der Waals surface area contributed by atoms with Crippen LogP contribution < -0.4 is 0 Å². The van der Waals surface area contributed by atoms with E-state index in [1.165, 1.54) is 161 Å². The van der Waals surface area contributed by atoms with Crippen molar-refractivity contribution >= 4 is 17.9 Å². The molecule has 0 saturated carbocycles. The maximum absolute atomic E-state index is 12.8. The van der Waals surface area contributed by atoms with Crippen LogP contribution in [0.3, 0.4) is 0 Å². The summed E-state index contributed by atoms with van der Waals surface area (Å²) in [6.07, 6.45) is 73.1. The molecule has 0 aliphatic rings. The van der Waals surface area contributed by atoms with E-state index in [0.29, 0.717) is 12.8 Å². The maximum atomic E-state index is 12.8. The van der Waals surface area contributed by atoms with Gasteiger partial charge in [-0.05, 0) is 96.3 Å². The summed E-state index contributed by atoms with van der Waals surface area (Å²) in [6.45, 7) is 6.44. The monoisotopic (exact) mass is 947 g/mol. The third-order valence-corrected chi connectivity index (χ3v) is 12.1. The first-order chi connectivity index (χ1) is 33.5. The molecule has 0 aromatic heterocycles. The van der Waals surface area contributed by atoms with Crippen molar-refractivity contribution < 1.29 is 28.6 Å². The number of carbonyl (C=O) groups excluding carboxylic acids is 3. The summed E-state index contributed by atoms with van der Waals surface area (Å²) in [7, 11) is 0. The highest BCUT2D eigenvalue weighted by molar-refractivity contribution is 5.72. The van der Waals surface area contributed by atoms with Gasteiger partial charge in [0.2, 0.25) is 0 Å². The van der Waals surface area contributed by atoms with Gasteiger partial charge in [0, 0.05) is 12.8 Å². The minimum atomic E-state index is -0.821. The van der Waals surface area contributed by atoms with E-state index in [1.807, 2.05) is 6.08 Å². The van der Waals surface area contributed by atoms with E-state index in [1.54, 1.807) is 6.08 Å². The molecule has 0 aliphatic carbocycles. The fourth-order valence-electron chi connectivity index (χ4n) is 7.86. The largest absolute Gasteiger partial charge is 0.462 e. The van der Waals surface area contributed by atoms with Crippen molar-refractivity contribution in [2.24, 2.45) is 0 Å². The number of allylic oxidation sites excluding steroid dienone is 13. The Labute approximate surface area is 420 Å². The lowest BCUT2D eigenvalue weighted by Crippen LogP contribution is -2.30. The maximum Gasteiger partial charge on any atom is 0.309 e. The Balaban J connectivity index is 4.48. The number of unbranched alkanes of at least 4 members (excludes halogenated alkanes) is 27. The summed E-state index contributed by atoms with van der Waals surface area (Å²) < 4.78 is 16.8. The third kappa shape index (κ3) is 53.5. The molecule has 0 fully saturated rings. The molecule has 0 bridgehead atoms. The first kappa shape index (κ1) is 64.6. The molecule has 6 nitrogen and oxygen atoms in total. The van der Waals surface area contributed by atoms with Gasteiger partial charge in [0.15, 0.2) is 6.10 Å². The second-order valence-electron chi connectivity index (χ2n) is 18.8. The molecule has 68 heavy (non-hydrogen) atoms. The molecule has 0 rings (SSSR count). The first-order valence-corrected chi connectivity index (χ1v) is 28.6. The highest BCUT2D eigenvalue weighted by Crippen LogP contribution is 2.15. The summed E-state index contributed by atoms with van der Waals surface area (Å²) in [5, 5.41) is 0. The van der Waals surface area contributed by atoms with Gasteiger partial charge in [-0.3, -0.25) is 14.4 Å². The highest BCUT2D eigenvalue weighted by atomic mass is 16.6. The molecule has 0 aromatic carbocycles. The van der Waals surface area contributed by atoms with Crippen molar-refractivity contribution in [3.8, 4) is 0 Å². The molecule has 0 amide bonds. The Kier molecular flexibility index (Phi) is 53.4. The normalized spacial score (nSPS) is 12.7. The Morgan fingerprint density at radius 1 is 0.324 bits per heavy atom. The van der Waals surface area contributed by atoms with Crippen LogP contribution in [-0.4, -0.2) is 37.2 Å². The minimum Gasteiger partial charge on any atom is -0.462 e. The molecule has 1 unspecified atom stereocenters. The van der Waals surface area contributed by atoms with Gasteiger partial charge in [-0.25, -0.2) is 0 Å². The summed E-state index contributed by atoms with van der Waals surface area (Å²) in [5.41, 5.74) is 0. The fraction of sp³-hybridized carbons (Fsp3) is 0.726. The van der Waals surface area contributed by atoms with Crippen molar-refractivity contribution in [2.75, 3.05) is 13.2 Å². The average Bonchev–Trinajstić information content (AvgIpc) is 3.34. The summed E-state index contributed by atoms with van der Waals surface area (Å²) in [6, 6.07) is 0. The number of rotatable bonds is 51. The molecule has 0 heterocycles. The van der Waals surface area contributed by atoms with Gasteiger partial charge in [0.05, 0.1) is 6.42 Å². The number of ether oxygens (including phenoxy) is 3. The van der Waals surface area contributed by atoms with E-state index in [9.17, 15) is 14.4 Å². The first-order valence-electron chi connectivity index (χ1n) is 28.6. The van der Waals surface area contributed by atoms with Crippen molar-refractivity contribution in [3.05, 3.63) is 85.1 Å². The van der Waals surface area contributed by atoms with Gasteiger partial charge in [-0.2, -0.15) is 0 Å². The van der Waals surface area contributed by atoms with Gasteiger partial charge in [0.1, 0.15) is 13.2 Å². The quantitative estimate of drug-likeness (QED) is 0.0262. The van der Waals surface area contributed by atoms with Crippen LogP contribution in [0, 0.1) is 0 Å². The number of hydrogen-bond donors (Lipinski definition) is 0. The van der Waals surface area contributed by atoms with Crippen LogP contribution in [0.15, 0.2) is 85.1 Å². The molecule has 390 valence electrons. The second-order valence-corrected chi connectivity index (χ2v) is 18.8.